The van der Waals surface area contributed by atoms with Crippen molar-refractivity contribution >= 4 is 12.4 Å². The summed E-state index contributed by atoms with van der Waals surface area (Å²) in [5.41, 5.74) is 1.82. The van der Waals surface area contributed by atoms with Crippen LogP contribution in [0, 0.1) is 11.3 Å². The fourth-order valence-electron chi connectivity index (χ4n) is 3.42. The first-order valence-electron chi connectivity index (χ1n) is 8.04. The van der Waals surface area contributed by atoms with E-state index in [1.165, 1.54) is 12.0 Å². The number of hydrogen-bond donors (Lipinski definition) is 1. The Labute approximate surface area is 144 Å². The highest BCUT2D eigenvalue weighted by Crippen LogP contribution is 2.21. The van der Waals surface area contributed by atoms with Crippen molar-refractivity contribution in [2.45, 2.75) is 19.0 Å². The summed E-state index contributed by atoms with van der Waals surface area (Å²) in [6.07, 6.45) is 1.28. The molecule has 126 valence electrons. The van der Waals surface area contributed by atoms with Gasteiger partial charge in [0.1, 0.15) is 11.8 Å². The zero-order valence-electron chi connectivity index (χ0n) is 13.6. The van der Waals surface area contributed by atoms with E-state index in [0.29, 0.717) is 11.3 Å². The molecule has 2 aliphatic rings. The SMILES string of the molecule is COc1cc(CN2CCN(C3CCNC3)CC2)ccc1C#N.Cl. The highest BCUT2D eigenvalue weighted by atomic mass is 35.5. The lowest BCUT2D eigenvalue weighted by Crippen LogP contribution is -2.50. The molecule has 0 aliphatic carbocycles. The lowest BCUT2D eigenvalue weighted by Gasteiger charge is -2.37. The topological polar surface area (TPSA) is 51.5 Å². The van der Waals surface area contributed by atoms with Crippen LogP contribution in [0.3, 0.4) is 0 Å². The van der Waals surface area contributed by atoms with Crippen molar-refractivity contribution < 1.29 is 4.74 Å². The molecule has 5 nitrogen and oxygen atoms in total. The fourth-order valence-corrected chi connectivity index (χ4v) is 3.42. The molecule has 1 unspecified atom stereocenters. The standard InChI is InChI=1S/C17H24N4O.ClH/c1-22-17-10-14(2-3-15(17)11-18)13-20-6-8-21(9-7-20)16-4-5-19-12-16;/h2-3,10,16,19H,4-9,12-13H2,1H3;1H. The first-order valence-corrected chi connectivity index (χ1v) is 8.04. The van der Waals surface area contributed by atoms with E-state index in [2.05, 4.69) is 21.2 Å². The van der Waals surface area contributed by atoms with Crippen LogP contribution in [-0.4, -0.2) is 62.2 Å². The molecule has 2 heterocycles. The lowest BCUT2D eigenvalue weighted by atomic mass is 10.1. The third-order valence-electron chi connectivity index (χ3n) is 4.75. The van der Waals surface area contributed by atoms with E-state index >= 15 is 0 Å². The molecule has 0 spiro atoms. The third-order valence-corrected chi connectivity index (χ3v) is 4.75. The largest absolute Gasteiger partial charge is 0.495 e. The molecule has 0 amide bonds. The molecule has 2 aliphatic heterocycles. The Morgan fingerprint density at radius 2 is 2.09 bits per heavy atom. The van der Waals surface area contributed by atoms with E-state index < -0.39 is 0 Å². The van der Waals surface area contributed by atoms with Gasteiger partial charge >= 0.3 is 0 Å². The van der Waals surface area contributed by atoms with E-state index in [1.54, 1.807) is 7.11 Å². The van der Waals surface area contributed by atoms with Crippen LogP contribution in [0.5, 0.6) is 5.75 Å². The molecule has 1 aromatic carbocycles. The molecular weight excluding hydrogens is 312 g/mol. The van der Waals surface area contributed by atoms with Crippen LogP contribution in [0.4, 0.5) is 0 Å². The fraction of sp³-hybridized carbons (Fsp3) is 0.588. The van der Waals surface area contributed by atoms with Gasteiger partial charge in [-0.15, -0.1) is 12.4 Å². The number of halogens is 1. The van der Waals surface area contributed by atoms with E-state index in [9.17, 15) is 0 Å². The van der Waals surface area contributed by atoms with Crippen molar-refractivity contribution in [2.75, 3.05) is 46.4 Å². The summed E-state index contributed by atoms with van der Waals surface area (Å²) in [6.45, 7) is 7.76. The Morgan fingerprint density at radius 1 is 1.30 bits per heavy atom. The first kappa shape index (κ1) is 18.0. The van der Waals surface area contributed by atoms with Crippen LogP contribution < -0.4 is 10.1 Å². The van der Waals surface area contributed by atoms with Crippen LogP contribution in [0.1, 0.15) is 17.5 Å². The maximum absolute atomic E-state index is 9.04. The van der Waals surface area contributed by atoms with Gasteiger partial charge < -0.3 is 10.1 Å². The number of ether oxygens (including phenoxy) is 1. The van der Waals surface area contributed by atoms with Crippen molar-refractivity contribution in [2.24, 2.45) is 0 Å². The number of nitriles is 1. The summed E-state index contributed by atoms with van der Waals surface area (Å²) in [7, 11) is 1.62. The Balaban J connectivity index is 0.00000192. The van der Waals surface area contributed by atoms with Crippen molar-refractivity contribution in [3.63, 3.8) is 0 Å². The molecule has 23 heavy (non-hydrogen) atoms. The summed E-state index contributed by atoms with van der Waals surface area (Å²) in [5.74, 6) is 0.677. The Kier molecular flexibility index (Phi) is 6.67. The lowest BCUT2D eigenvalue weighted by molar-refractivity contribution is 0.0981. The van der Waals surface area contributed by atoms with Gasteiger partial charge in [0.05, 0.1) is 12.7 Å². The number of nitrogens with zero attached hydrogens (tertiary/aromatic N) is 3. The molecule has 0 saturated carbocycles. The van der Waals surface area contributed by atoms with Crippen LogP contribution in [0.25, 0.3) is 0 Å². The van der Waals surface area contributed by atoms with Gasteiger partial charge in [0.15, 0.2) is 0 Å². The van der Waals surface area contributed by atoms with Crippen LogP contribution in [0.15, 0.2) is 18.2 Å². The average Bonchev–Trinajstić information content (AvgIpc) is 3.10. The maximum Gasteiger partial charge on any atom is 0.136 e. The molecule has 6 heteroatoms. The Hall–Kier alpha value is -1.32. The molecule has 0 aromatic heterocycles. The van der Waals surface area contributed by atoms with Crippen LogP contribution in [-0.2, 0) is 6.54 Å². The van der Waals surface area contributed by atoms with E-state index in [4.69, 9.17) is 10.00 Å². The molecule has 0 radical (unpaired) electrons. The van der Waals surface area contributed by atoms with E-state index in [-0.39, 0.29) is 12.4 Å². The second kappa shape index (κ2) is 8.51. The third kappa shape index (κ3) is 4.36. The number of methoxy groups -OCH3 is 1. The van der Waals surface area contributed by atoms with Crippen molar-refractivity contribution in [3.8, 4) is 11.8 Å². The minimum atomic E-state index is 0. The molecule has 1 N–H and O–H groups in total. The summed E-state index contributed by atoms with van der Waals surface area (Å²) < 4.78 is 5.29. The minimum Gasteiger partial charge on any atom is -0.495 e. The number of nitrogens with one attached hydrogen (secondary N) is 1. The smallest absolute Gasteiger partial charge is 0.136 e. The summed E-state index contributed by atoms with van der Waals surface area (Å²) >= 11 is 0. The minimum absolute atomic E-state index is 0. The Morgan fingerprint density at radius 3 is 2.70 bits per heavy atom. The average molecular weight is 337 g/mol. The molecule has 1 atom stereocenters. The van der Waals surface area contributed by atoms with Gasteiger partial charge in [-0.3, -0.25) is 9.80 Å². The van der Waals surface area contributed by atoms with Gasteiger partial charge in [-0.1, -0.05) is 6.07 Å². The molecule has 2 fully saturated rings. The first-order chi connectivity index (χ1) is 10.8. The monoisotopic (exact) mass is 336 g/mol. The summed E-state index contributed by atoms with van der Waals surface area (Å²) in [4.78, 5) is 5.11. The number of piperazine rings is 1. The zero-order valence-corrected chi connectivity index (χ0v) is 14.4. The summed E-state index contributed by atoms with van der Waals surface area (Å²) in [6, 6.07) is 8.78. The van der Waals surface area contributed by atoms with Gasteiger partial charge in [0, 0.05) is 45.3 Å². The predicted molar refractivity (Wildman–Crippen MR) is 93.1 cm³/mol. The molecule has 3 rings (SSSR count). The quantitative estimate of drug-likeness (QED) is 0.902. The van der Waals surface area contributed by atoms with Gasteiger partial charge in [0.2, 0.25) is 0 Å². The van der Waals surface area contributed by atoms with Crippen molar-refractivity contribution in [1.29, 1.82) is 5.26 Å². The highest BCUT2D eigenvalue weighted by molar-refractivity contribution is 5.85. The Bertz CT molecular complexity index is 546. The number of rotatable bonds is 4. The maximum atomic E-state index is 9.04. The van der Waals surface area contributed by atoms with Crippen LogP contribution >= 0.6 is 12.4 Å². The molecule has 0 bridgehead atoms. The number of benzene rings is 1. The van der Waals surface area contributed by atoms with Gasteiger partial charge in [-0.05, 0) is 30.7 Å². The molecule has 2 saturated heterocycles. The van der Waals surface area contributed by atoms with Crippen molar-refractivity contribution in [1.82, 2.24) is 15.1 Å². The molecule has 1 aromatic rings. The predicted octanol–water partition coefficient (Wildman–Crippen LogP) is 1.47. The summed E-state index contributed by atoms with van der Waals surface area (Å²) in [5, 5.41) is 12.5. The van der Waals surface area contributed by atoms with E-state index in [0.717, 1.165) is 51.9 Å². The van der Waals surface area contributed by atoms with Crippen molar-refractivity contribution in [3.05, 3.63) is 29.3 Å². The van der Waals surface area contributed by atoms with E-state index in [1.807, 2.05) is 18.2 Å². The van der Waals surface area contributed by atoms with Gasteiger partial charge in [-0.25, -0.2) is 0 Å². The van der Waals surface area contributed by atoms with Gasteiger partial charge in [-0.2, -0.15) is 5.26 Å². The number of hydrogen-bond acceptors (Lipinski definition) is 5. The normalized spacial score (nSPS) is 22.3. The second-order valence-electron chi connectivity index (χ2n) is 6.11. The van der Waals surface area contributed by atoms with Crippen LogP contribution in [0.2, 0.25) is 0 Å². The second-order valence-corrected chi connectivity index (χ2v) is 6.11. The molecular formula is C17H25ClN4O. The highest BCUT2D eigenvalue weighted by Gasteiger charge is 2.25. The zero-order chi connectivity index (χ0) is 15.4. The van der Waals surface area contributed by atoms with Gasteiger partial charge in [0.25, 0.3) is 0 Å².